The summed E-state index contributed by atoms with van der Waals surface area (Å²) in [5, 5.41) is 10.0. The Balaban J connectivity index is 3.17. The van der Waals surface area contributed by atoms with Gasteiger partial charge >= 0.3 is 0 Å². The van der Waals surface area contributed by atoms with Gasteiger partial charge in [0, 0.05) is 19.6 Å². The Kier molecular flexibility index (Phi) is 6.16. The van der Waals surface area contributed by atoms with Gasteiger partial charge in [0.05, 0.1) is 11.4 Å². The van der Waals surface area contributed by atoms with E-state index in [4.69, 9.17) is 0 Å². The summed E-state index contributed by atoms with van der Waals surface area (Å²) in [7, 11) is -1.86. The predicted octanol–water partition coefficient (Wildman–Crippen LogP) is 1.64. The van der Waals surface area contributed by atoms with E-state index < -0.39 is 10.0 Å². The molecule has 0 spiro atoms. The number of sulfonamides is 1. The number of nitrogens with zero attached hydrogens (tertiary/aromatic N) is 2. The van der Waals surface area contributed by atoms with E-state index in [2.05, 4.69) is 15.5 Å². The third-order valence-corrected chi connectivity index (χ3v) is 5.71. The fraction of sp³-hybridized carbons (Fsp3) is 0.769. The third kappa shape index (κ3) is 3.39. The molecule has 116 valence electrons. The molecular formula is C13H26N4O2S. The molecule has 0 unspecified atom stereocenters. The van der Waals surface area contributed by atoms with Crippen molar-refractivity contribution in [2.24, 2.45) is 0 Å². The second-order valence-electron chi connectivity index (χ2n) is 4.90. The standard InChI is InChI=1S/C13H26N4O2S/c1-6-11(7-2)17(5)20(18,19)13-10(4)15-16-12(13)9-14-8-3/h11,14H,6-9H2,1-5H3,(H,15,16). The minimum Gasteiger partial charge on any atom is -0.311 e. The van der Waals surface area contributed by atoms with Crippen molar-refractivity contribution in [1.29, 1.82) is 0 Å². The van der Waals surface area contributed by atoms with E-state index in [1.807, 2.05) is 20.8 Å². The lowest BCUT2D eigenvalue weighted by Crippen LogP contribution is -2.37. The fourth-order valence-electron chi connectivity index (χ4n) is 2.32. The van der Waals surface area contributed by atoms with Gasteiger partial charge < -0.3 is 5.32 Å². The molecule has 1 aromatic rings. The first kappa shape index (κ1) is 17.1. The number of H-pyrrole nitrogens is 1. The Labute approximate surface area is 122 Å². The van der Waals surface area contributed by atoms with Crippen LogP contribution in [0.3, 0.4) is 0 Å². The summed E-state index contributed by atoms with van der Waals surface area (Å²) in [5.41, 5.74) is 1.15. The molecule has 0 aliphatic carbocycles. The second kappa shape index (κ2) is 7.19. The van der Waals surface area contributed by atoms with Gasteiger partial charge in [-0.05, 0) is 26.3 Å². The number of aryl methyl sites for hydroxylation is 1. The molecule has 0 aliphatic rings. The van der Waals surface area contributed by atoms with E-state index in [1.165, 1.54) is 4.31 Å². The molecule has 0 saturated carbocycles. The maximum absolute atomic E-state index is 12.8. The number of rotatable bonds is 8. The normalized spacial score (nSPS) is 12.6. The maximum atomic E-state index is 12.8. The Morgan fingerprint density at radius 3 is 2.40 bits per heavy atom. The quantitative estimate of drug-likeness (QED) is 0.765. The molecule has 1 rings (SSSR count). The van der Waals surface area contributed by atoms with Crippen molar-refractivity contribution in [2.75, 3.05) is 13.6 Å². The highest BCUT2D eigenvalue weighted by molar-refractivity contribution is 7.89. The van der Waals surface area contributed by atoms with Crippen LogP contribution >= 0.6 is 0 Å². The molecule has 1 heterocycles. The molecule has 0 bridgehead atoms. The lowest BCUT2D eigenvalue weighted by molar-refractivity contribution is 0.349. The van der Waals surface area contributed by atoms with Crippen molar-refractivity contribution in [1.82, 2.24) is 19.8 Å². The van der Waals surface area contributed by atoms with E-state index in [1.54, 1.807) is 14.0 Å². The summed E-state index contributed by atoms with van der Waals surface area (Å²) in [6, 6.07) is 0.0151. The Morgan fingerprint density at radius 2 is 1.90 bits per heavy atom. The number of aromatic nitrogens is 2. The van der Waals surface area contributed by atoms with Gasteiger partial charge in [-0.25, -0.2) is 8.42 Å². The zero-order valence-electron chi connectivity index (χ0n) is 13.0. The van der Waals surface area contributed by atoms with Crippen LogP contribution in [0.4, 0.5) is 0 Å². The minimum absolute atomic E-state index is 0.0151. The number of hydrogen-bond acceptors (Lipinski definition) is 4. The van der Waals surface area contributed by atoms with Gasteiger partial charge in [0.25, 0.3) is 0 Å². The molecular weight excluding hydrogens is 276 g/mol. The van der Waals surface area contributed by atoms with Gasteiger partial charge in [-0.3, -0.25) is 5.10 Å². The average Bonchev–Trinajstić information content (AvgIpc) is 2.79. The summed E-state index contributed by atoms with van der Waals surface area (Å²) >= 11 is 0. The van der Waals surface area contributed by atoms with Crippen LogP contribution in [-0.4, -0.2) is 42.6 Å². The molecule has 0 radical (unpaired) electrons. The molecule has 0 aliphatic heterocycles. The molecule has 0 fully saturated rings. The number of nitrogens with one attached hydrogen (secondary N) is 2. The molecule has 0 atom stereocenters. The molecule has 0 amide bonds. The van der Waals surface area contributed by atoms with Crippen molar-refractivity contribution in [2.45, 2.75) is 58.0 Å². The van der Waals surface area contributed by atoms with Crippen molar-refractivity contribution in [3.05, 3.63) is 11.4 Å². The smallest absolute Gasteiger partial charge is 0.246 e. The summed E-state index contributed by atoms with van der Waals surface area (Å²) in [4.78, 5) is 0.313. The van der Waals surface area contributed by atoms with Crippen molar-refractivity contribution in [3.8, 4) is 0 Å². The molecule has 0 aromatic carbocycles. The zero-order valence-corrected chi connectivity index (χ0v) is 13.8. The summed E-state index contributed by atoms with van der Waals surface area (Å²) in [5.74, 6) is 0. The van der Waals surface area contributed by atoms with E-state index in [-0.39, 0.29) is 6.04 Å². The SMILES string of the molecule is CCNCc1n[nH]c(C)c1S(=O)(=O)N(C)C(CC)CC. The molecule has 1 aromatic heterocycles. The monoisotopic (exact) mass is 302 g/mol. The molecule has 6 nitrogen and oxygen atoms in total. The lowest BCUT2D eigenvalue weighted by atomic mass is 10.2. The lowest BCUT2D eigenvalue weighted by Gasteiger charge is -2.25. The highest BCUT2D eigenvalue weighted by Gasteiger charge is 2.31. The van der Waals surface area contributed by atoms with Crippen LogP contribution in [0.5, 0.6) is 0 Å². The van der Waals surface area contributed by atoms with Gasteiger partial charge in [0.15, 0.2) is 0 Å². The van der Waals surface area contributed by atoms with Crippen LogP contribution in [-0.2, 0) is 16.6 Å². The van der Waals surface area contributed by atoms with Crippen molar-refractivity contribution >= 4 is 10.0 Å². The first-order chi connectivity index (χ1) is 9.39. The molecule has 20 heavy (non-hydrogen) atoms. The van der Waals surface area contributed by atoms with Crippen LogP contribution in [0.2, 0.25) is 0 Å². The zero-order chi connectivity index (χ0) is 15.3. The van der Waals surface area contributed by atoms with Crippen LogP contribution < -0.4 is 5.32 Å². The summed E-state index contributed by atoms with van der Waals surface area (Å²) in [6.45, 7) is 8.95. The van der Waals surface area contributed by atoms with Crippen molar-refractivity contribution < 1.29 is 8.42 Å². The van der Waals surface area contributed by atoms with Gasteiger partial charge in [-0.15, -0.1) is 0 Å². The van der Waals surface area contributed by atoms with Crippen LogP contribution in [0.25, 0.3) is 0 Å². The molecule has 2 N–H and O–H groups in total. The Morgan fingerprint density at radius 1 is 1.30 bits per heavy atom. The van der Waals surface area contributed by atoms with Crippen LogP contribution in [0, 0.1) is 6.92 Å². The van der Waals surface area contributed by atoms with Crippen LogP contribution in [0.1, 0.15) is 45.0 Å². The van der Waals surface area contributed by atoms with E-state index in [9.17, 15) is 8.42 Å². The molecule has 7 heteroatoms. The maximum Gasteiger partial charge on any atom is 0.246 e. The number of hydrogen-bond donors (Lipinski definition) is 2. The fourth-order valence-corrected chi connectivity index (χ4v) is 4.14. The van der Waals surface area contributed by atoms with Crippen molar-refractivity contribution in [3.63, 3.8) is 0 Å². The van der Waals surface area contributed by atoms with E-state index in [0.717, 1.165) is 19.4 Å². The summed E-state index contributed by atoms with van der Waals surface area (Å²) in [6.07, 6.45) is 1.59. The highest BCUT2D eigenvalue weighted by Crippen LogP contribution is 2.24. The topological polar surface area (TPSA) is 78.1 Å². The minimum atomic E-state index is -3.51. The number of aromatic amines is 1. The van der Waals surface area contributed by atoms with E-state index >= 15 is 0 Å². The third-order valence-electron chi connectivity index (χ3n) is 3.60. The van der Waals surface area contributed by atoms with Gasteiger partial charge in [0.1, 0.15) is 4.90 Å². The molecule has 0 saturated heterocycles. The second-order valence-corrected chi connectivity index (χ2v) is 6.83. The largest absolute Gasteiger partial charge is 0.311 e. The van der Waals surface area contributed by atoms with Gasteiger partial charge in [0.2, 0.25) is 10.0 Å². The summed E-state index contributed by atoms with van der Waals surface area (Å²) < 4.78 is 27.1. The van der Waals surface area contributed by atoms with Crippen LogP contribution in [0.15, 0.2) is 4.90 Å². The first-order valence-corrected chi connectivity index (χ1v) is 8.56. The predicted molar refractivity (Wildman–Crippen MR) is 80.0 cm³/mol. The van der Waals surface area contributed by atoms with E-state index in [0.29, 0.717) is 22.8 Å². The Hall–Kier alpha value is -0.920. The van der Waals surface area contributed by atoms with Gasteiger partial charge in [-0.1, -0.05) is 20.8 Å². The van der Waals surface area contributed by atoms with Gasteiger partial charge in [-0.2, -0.15) is 9.40 Å². The Bertz CT molecular complexity index is 520. The first-order valence-electron chi connectivity index (χ1n) is 7.12. The highest BCUT2D eigenvalue weighted by atomic mass is 32.2. The average molecular weight is 302 g/mol.